The van der Waals surface area contributed by atoms with Crippen LogP contribution in [0.25, 0.3) is 0 Å². The van der Waals surface area contributed by atoms with Crippen LogP contribution >= 0.6 is 11.6 Å². The first-order valence-corrected chi connectivity index (χ1v) is 11.4. The van der Waals surface area contributed by atoms with Crippen LogP contribution in [0.5, 0.6) is 0 Å². The van der Waals surface area contributed by atoms with E-state index in [0.29, 0.717) is 22.2 Å². The van der Waals surface area contributed by atoms with Crippen LogP contribution in [0.1, 0.15) is 37.4 Å². The Kier molecular flexibility index (Phi) is 7.49. The number of carbonyl (C=O) groups excluding carboxylic acids is 1. The molecule has 7 heteroatoms. The molecule has 0 aliphatic rings. The van der Waals surface area contributed by atoms with E-state index in [1.807, 2.05) is 30.3 Å². The Hall–Kier alpha value is -2.05. The van der Waals surface area contributed by atoms with E-state index in [9.17, 15) is 13.2 Å². The van der Waals surface area contributed by atoms with E-state index in [2.05, 4.69) is 19.2 Å². The molecule has 1 N–H and O–H groups in total. The van der Waals surface area contributed by atoms with Crippen LogP contribution in [0.3, 0.4) is 0 Å². The normalized spacial score (nSPS) is 12.6. The summed E-state index contributed by atoms with van der Waals surface area (Å²) in [7, 11) is -3.66. The summed E-state index contributed by atoms with van der Waals surface area (Å²) in [6, 6.07) is 14.5. The van der Waals surface area contributed by atoms with Crippen molar-refractivity contribution in [3.8, 4) is 0 Å². The Morgan fingerprint density at radius 1 is 1.11 bits per heavy atom. The largest absolute Gasteiger partial charge is 0.348 e. The number of hydrogen-bond acceptors (Lipinski definition) is 3. The van der Waals surface area contributed by atoms with E-state index >= 15 is 0 Å². The zero-order chi connectivity index (χ0) is 20.9. The van der Waals surface area contributed by atoms with E-state index in [4.69, 9.17) is 11.6 Å². The number of nitrogens with one attached hydrogen (secondary N) is 1. The predicted molar refractivity (Wildman–Crippen MR) is 115 cm³/mol. The molecule has 0 fully saturated rings. The second-order valence-corrected chi connectivity index (χ2v) is 9.63. The fraction of sp³-hybridized carbons (Fsp3) is 0.381. The summed E-state index contributed by atoms with van der Waals surface area (Å²) >= 11 is 6.14. The average molecular weight is 423 g/mol. The highest BCUT2D eigenvalue weighted by atomic mass is 35.5. The maximum atomic E-state index is 12.8. The molecule has 1 amide bonds. The van der Waals surface area contributed by atoms with Crippen LogP contribution in [-0.2, 0) is 14.8 Å². The van der Waals surface area contributed by atoms with Crippen LogP contribution in [-0.4, -0.2) is 27.1 Å². The molecule has 1 atom stereocenters. The van der Waals surface area contributed by atoms with Crippen LogP contribution < -0.4 is 9.62 Å². The highest BCUT2D eigenvalue weighted by Crippen LogP contribution is 2.28. The average Bonchev–Trinajstić information content (AvgIpc) is 2.61. The first-order chi connectivity index (χ1) is 13.1. The van der Waals surface area contributed by atoms with Gasteiger partial charge in [-0.1, -0.05) is 61.8 Å². The lowest BCUT2D eigenvalue weighted by Gasteiger charge is -2.26. The number of carbonyl (C=O) groups is 1. The molecular weight excluding hydrogens is 396 g/mol. The standard InChI is InChI=1S/C21H27ClN2O3S/c1-15(2)13-19(17-9-6-5-7-10-17)23-21(25)14-24(28(4,26)27)20-12-8-11-18(22)16(20)3/h5-12,15,19H,13-14H2,1-4H3,(H,23,25). The van der Waals surface area contributed by atoms with Crippen LogP contribution in [0.4, 0.5) is 5.69 Å². The van der Waals surface area contributed by atoms with Crippen LogP contribution in [0, 0.1) is 12.8 Å². The van der Waals surface area contributed by atoms with Crippen molar-refractivity contribution in [2.45, 2.75) is 33.2 Å². The molecule has 5 nitrogen and oxygen atoms in total. The molecule has 2 rings (SSSR count). The van der Waals surface area contributed by atoms with Crippen molar-refractivity contribution >= 4 is 33.2 Å². The van der Waals surface area contributed by atoms with Gasteiger partial charge in [-0.2, -0.15) is 0 Å². The zero-order valence-corrected chi connectivity index (χ0v) is 18.2. The molecule has 2 aromatic carbocycles. The number of hydrogen-bond donors (Lipinski definition) is 1. The topological polar surface area (TPSA) is 66.5 Å². The van der Waals surface area contributed by atoms with Gasteiger partial charge in [-0.3, -0.25) is 9.10 Å². The number of benzene rings is 2. The van der Waals surface area contributed by atoms with Gasteiger partial charge in [0.15, 0.2) is 0 Å². The van der Waals surface area contributed by atoms with Gasteiger partial charge in [-0.15, -0.1) is 0 Å². The molecular formula is C21H27ClN2O3S. The lowest BCUT2D eigenvalue weighted by molar-refractivity contribution is -0.120. The van der Waals surface area contributed by atoms with Crippen molar-refractivity contribution in [3.63, 3.8) is 0 Å². The summed E-state index contributed by atoms with van der Waals surface area (Å²) in [4.78, 5) is 12.8. The SMILES string of the molecule is Cc1c(Cl)cccc1N(CC(=O)NC(CC(C)C)c1ccccc1)S(C)(=O)=O. The van der Waals surface area contributed by atoms with Gasteiger partial charge in [0.05, 0.1) is 18.0 Å². The monoisotopic (exact) mass is 422 g/mol. The molecule has 152 valence electrons. The molecule has 0 saturated carbocycles. The Bertz CT molecular complexity index is 915. The number of sulfonamides is 1. The zero-order valence-electron chi connectivity index (χ0n) is 16.6. The van der Waals surface area contributed by atoms with E-state index in [1.54, 1.807) is 25.1 Å². The van der Waals surface area contributed by atoms with Gasteiger partial charge in [-0.05, 0) is 42.5 Å². The highest BCUT2D eigenvalue weighted by molar-refractivity contribution is 7.92. The lowest BCUT2D eigenvalue weighted by Crippen LogP contribution is -2.42. The van der Waals surface area contributed by atoms with Crippen molar-refractivity contribution in [2.75, 3.05) is 17.1 Å². The summed E-state index contributed by atoms with van der Waals surface area (Å²) in [5.74, 6) is 0.00555. The van der Waals surface area contributed by atoms with Crippen molar-refractivity contribution in [2.24, 2.45) is 5.92 Å². The Morgan fingerprint density at radius 3 is 2.32 bits per heavy atom. The van der Waals surface area contributed by atoms with Gasteiger partial charge in [0.2, 0.25) is 15.9 Å². The molecule has 0 aliphatic heterocycles. The van der Waals surface area contributed by atoms with Crippen molar-refractivity contribution in [1.82, 2.24) is 5.32 Å². The molecule has 0 saturated heterocycles. The minimum atomic E-state index is -3.66. The minimum Gasteiger partial charge on any atom is -0.348 e. The van der Waals surface area contributed by atoms with Crippen molar-refractivity contribution < 1.29 is 13.2 Å². The number of nitrogens with zero attached hydrogens (tertiary/aromatic N) is 1. The van der Waals surface area contributed by atoms with E-state index in [0.717, 1.165) is 22.5 Å². The Morgan fingerprint density at radius 2 is 1.75 bits per heavy atom. The number of amides is 1. The lowest BCUT2D eigenvalue weighted by atomic mass is 9.97. The molecule has 0 aliphatic carbocycles. The summed E-state index contributed by atoms with van der Waals surface area (Å²) in [6.45, 7) is 5.60. The first kappa shape index (κ1) is 22.2. The number of halogens is 1. The second-order valence-electron chi connectivity index (χ2n) is 7.31. The number of rotatable bonds is 8. The van der Waals surface area contributed by atoms with Gasteiger partial charge >= 0.3 is 0 Å². The molecule has 0 aromatic heterocycles. The van der Waals surface area contributed by atoms with Crippen molar-refractivity contribution in [3.05, 3.63) is 64.7 Å². The predicted octanol–water partition coefficient (Wildman–Crippen LogP) is 4.32. The fourth-order valence-corrected chi connectivity index (χ4v) is 4.13. The Labute approximate surface area is 172 Å². The second kappa shape index (κ2) is 9.43. The molecule has 0 spiro atoms. The molecule has 2 aromatic rings. The van der Waals surface area contributed by atoms with Gasteiger partial charge in [0.1, 0.15) is 6.54 Å². The molecule has 28 heavy (non-hydrogen) atoms. The maximum absolute atomic E-state index is 12.8. The van der Waals surface area contributed by atoms with E-state index in [1.165, 1.54) is 0 Å². The van der Waals surface area contributed by atoms with Gasteiger partial charge in [0.25, 0.3) is 0 Å². The highest BCUT2D eigenvalue weighted by Gasteiger charge is 2.25. The Balaban J connectivity index is 2.26. The minimum absolute atomic E-state index is 0.185. The molecule has 0 radical (unpaired) electrons. The molecule has 0 heterocycles. The summed E-state index contributed by atoms with van der Waals surface area (Å²) in [6.07, 6.45) is 1.84. The van der Waals surface area contributed by atoms with E-state index in [-0.39, 0.29) is 18.5 Å². The van der Waals surface area contributed by atoms with Crippen LogP contribution in [0.2, 0.25) is 5.02 Å². The number of anilines is 1. The third-order valence-electron chi connectivity index (χ3n) is 4.44. The van der Waals surface area contributed by atoms with Crippen LogP contribution in [0.15, 0.2) is 48.5 Å². The third kappa shape index (κ3) is 5.97. The van der Waals surface area contributed by atoms with Gasteiger partial charge < -0.3 is 5.32 Å². The maximum Gasteiger partial charge on any atom is 0.241 e. The van der Waals surface area contributed by atoms with E-state index < -0.39 is 10.0 Å². The molecule has 0 bridgehead atoms. The van der Waals surface area contributed by atoms with Crippen molar-refractivity contribution in [1.29, 1.82) is 0 Å². The summed E-state index contributed by atoms with van der Waals surface area (Å²) in [5, 5.41) is 3.45. The third-order valence-corrected chi connectivity index (χ3v) is 5.98. The summed E-state index contributed by atoms with van der Waals surface area (Å²) in [5.41, 5.74) is 2.02. The van der Waals surface area contributed by atoms with Gasteiger partial charge in [-0.25, -0.2) is 8.42 Å². The smallest absolute Gasteiger partial charge is 0.241 e. The first-order valence-electron chi connectivity index (χ1n) is 9.16. The quantitative estimate of drug-likeness (QED) is 0.688. The molecule has 1 unspecified atom stereocenters. The van der Waals surface area contributed by atoms with Gasteiger partial charge in [0, 0.05) is 5.02 Å². The summed E-state index contributed by atoms with van der Waals surface area (Å²) < 4.78 is 25.8. The fourth-order valence-electron chi connectivity index (χ4n) is 3.05.